The van der Waals surface area contributed by atoms with Gasteiger partial charge in [0.2, 0.25) is 0 Å². The Morgan fingerprint density at radius 1 is 0.543 bits per heavy atom. The lowest BCUT2D eigenvalue weighted by Gasteiger charge is -2.44. The number of hydrogen-bond donors (Lipinski definition) is 0. The Balaban J connectivity index is 3.70. The van der Waals surface area contributed by atoms with Gasteiger partial charge in [0.15, 0.2) is 6.17 Å². The van der Waals surface area contributed by atoms with Crippen LogP contribution in [0.3, 0.4) is 0 Å². The molecule has 0 heterocycles. The summed E-state index contributed by atoms with van der Waals surface area (Å²) >= 11 is 0. The van der Waals surface area contributed by atoms with Crippen molar-refractivity contribution in [1.82, 2.24) is 0 Å². The van der Waals surface area contributed by atoms with Gasteiger partial charge in [0.05, 0.1) is 0 Å². The zero-order chi connectivity index (χ0) is 28.1. The minimum absolute atomic E-state index is 0.0846. The van der Waals surface area contributed by atoms with Crippen molar-refractivity contribution in [2.45, 2.75) is 73.3 Å². The molecular weight excluding hydrogens is 539 g/mol. The van der Waals surface area contributed by atoms with Gasteiger partial charge in [-0.15, -0.1) is 0 Å². The van der Waals surface area contributed by atoms with Crippen LogP contribution < -0.4 is 0 Å². The highest BCUT2D eigenvalue weighted by Crippen LogP contribution is 2.65. The Bertz CT molecular complexity index is 859. The van der Waals surface area contributed by atoms with Gasteiger partial charge in [-0.1, -0.05) is 43.7 Å². The minimum Gasteiger partial charge on any atom is -0.241 e. The van der Waals surface area contributed by atoms with E-state index in [9.17, 15) is 74.6 Å². The molecule has 0 saturated carbocycles. The Morgan fingerprint density at radius 3 is 1.26 bits per heavy atom. The Labute approximate surface area is 185 Å². The lowest BCUT2D eigenvalue weighted by Crippen LogP contribution is -2.75. The molecule has 1 unspecified atom stereocenters. The summed E-state index contributed by atoms with van der Waals surface area (Å²) in [6.07, 6.45) is -6.97. The van der Waals surface area contributed by atoms with E-state index in [1.54, 1.807) is 0 Å². The molecular formula is C18H13F17. The van der Waals surface area contributed by atoms with Gasteiger partial charge in [-0.05, 0) is 6.42 Å². The highest BCUT2D eigenvalue weighted by Gasteiger charge is 2.95. The highest BCUT2D eigenvalue weighted by atomic mass is 19.4. The van der Waals surface area contributed by atoms with Crippen molar-refractivity contribution >= 4 is 0 Å². The van der Waals surface area contributed by atoms with E-state index in [1.165, 1.54) is 0 Å². The Hall–Kier alpha value is -1.97. The summed E-state index contributed by atoms with van der Waals surface area (Å²) in [6, 6.07) is 1.57. The van der Waals surface area contributed by atoms with Crippen molar-refractivity contribution in [3.63, 3.8) is 0 Å². The molecule has 0 radical (unpaired) electrons. The molecule has 204 valence electrons. The van der Waals surface area contributed by atoms with Gasteiger partial charge >= 0.3 is 47.4 Å². The molecule has 0 aliphatic carbocycles. The molecule has 1 aromatic rings. The maximum atomic E-state index is 13.9. The Morgan fingerprint density at radius 2 is 0.886 bits per heavy atom. The van der Waals surface area contributed by atoms with Crippen LogP contribution in [0, 0.1) is 0 Å². The summed E-state index contributed by atoms with van der Waals surface area (Å²) in [7, 11) is 0. The second-order valence-corrected chi connectivity index (χ2v) is 7.27. The van der Waals surface area contributed by atoms with E-state index in [2.05, 4.69) is 0 Å². The van der Waals surface area contributed by atoms with Crippen LogP contribution in [0.4, 0.5) is 74.6 Å². The monoisotopic (exact) mass is 552 g/mol. The zero-order valence-electron chi connectivity index (χ0n) is 16.8. The summed E-state index contributed by atoms with van der Waals surface area (Å²) in [5.74, 6) is -62.7. The quantitative estimate of drug-likeness (QED) is 0.242. The predicted molar refractivity (Wildman–Crippen MR) is 84.8 cm³/mol. The van der Waals surface area contributed by atoms with E-state index < -0.39 is 72.0 Å². The van der Waals surface area contributed by atoms with E-state index in [1.807, 2.05) is 0 Å². The van der Waals surface area contributed by atoms with Gasteiger partial charge in [0, 0.05) is 5.56 Å². The number of hydrogen-bond acceptors (Lipinski definition) is 0. The first-order chi connectivity index (χ1) is 15.3. The van der Waals surface area contributed by atoms with Crippen LogP contribution in [0.5, 0.6) is 0 Å². The topological polar surface area (TPSA) is 0 Å². The third-order valence-corrected chi connectivity index (χ3v) is 4.86. The smallest absolute Gasteiger partial charge is 0.241 e. The lowest BCUT2D eigenvalue weighted by molar-refractivity contribution is -0.456. The van der Waals surface area contributed by atoms with Crippen molar-refractivity contribution in [3.05, 3.63) is 35.9 Å². The largest absolute Gasteiger partial charge is 0.385 e. The van der Waals surface area contributed by atoms with Gasteiger partial charge in [-0.25, -0.2) is 4.39 Å². The first-order valence-electron chi connectivity index (χ1n) is 9.06. The first-order valence-corrected chi connectivity index (χ1v) is 9.06. The molecule has 0 aromatic heterocycles. The molecule has 0 spiro atoms. The van der Waals surface area contributed by atoms with Crippen molar-refractivity contribution < 1.29 is 74.6 Å². The van der Waals surface area contributed by atoms with Gasteiger partial charge < -0.3 is 0 Å². The molecule has 0 aliphatic heterocycles. The standard InChI is InChI=1S/C18H13F17/c1-2-6-10(19)12(22,23)14(26,27)16(30,31)18(34,35)17(32,33)15(28,29)13(24,25)11(20,21)9-7-4-3-5-8-9/h3-5,7-8,10H,2,6H2,1H3. The van der Waals surface area contributed by atoms with Crippen LogP contribution in [0.1, 0.15) is 25.3 Å². The number of benzene rings is 1. The fraction of sp³-hybridized carbons (Fsp3) is 0.667. The second kappa shape index (κ2) is 8.85. The zero-order valence-corrected chi connectivity index (χ0v) is 16.8. The molecule has 0 N–H and O–H groups in total. The summed E-state index contributed by atoms with van der Waals surface area (Å²) in [5.41, 5.74) is -2.22. The van der Waals surface area contributed by atoms with E-state index >= 15 is 0 Å². The van der Waals surface area contributed by atoms with Crippen molar-refractivity contribution in [2.24, 2.45) is 0 Å². The molecule has 0 fully saturated rings. The fourth-order valence-electron chi connectivity index (χ4n) is 2.66. The lowest BCUT2D eigenvalue weighted by atomic mass is 9.85. The molecule has 1 rings (SSSR count). The van der Waals surface area contributed by atoms with Crippen LogP contribution in [0.25, 0.3) is 0 Å². The molecule has 0 amide bonds. The second-order valence-electron chi connectivity index (χ2n) is 7.27. The molecule has 0 bridgehead atoms. The van der Waals surface area contributed by atoms with Gasteiger partial charge in [0.25, 0.3) is 0 Å². The molecule has 0 saturated heterocycles. The van der Waals surface area contributed by atoms with Crippen LogP contribution in [0.2, 0.25) is 0 Å². The average Bonchev–Trinajstić information content (AvgIpc) is 2.73. The number of halogens is 17. The third kappa shape index (κ3) is 4.09. The first kappa shape index (κ1) is 31.1. The van der Waals surface area contributed by atoms with Crippen molar-refractivity contribution in [3.8, 4) is 0 Å². The third-order valence-electron chi connectivity index (χ3n) is 4.86. The average molecular weight is 552 g/mol. The van der Waals surface area contributed by atoms with Crippen LogP contribution in [-0.2, 0) is 5.92 Å². The maximum Gasteiger partial charge on any atom is 0.385 e. The van der Waals surface area contributed by atoms with Crippen molar-refractivity contribution in [2.75, 3.05) is 0 Å². The summed E-state index contributed by atoms with van der Waals surface area (Å²) < 4.78 is 234. The van der Waals surface area contributed by atoms with E-state index in [4.69, 9.17) is 0 Å². The van der Waals surface area contributed by atoms with Gasteiger partial charge in [-0.3, -0.25) is 0 Å². The van der Waals surface area contributed by atoms with E-state index in [0.29, 0.717) is 12.1 Å². The molecule has 1 aromatic carbocycles. The Kier molecular flexibility index (Phi) is 7.85. The van der Waals surface area contributed by atoms with E-state index in [0.717, 1.165) is 13.0 Å². The van der Waals surface area contributed by atoms with Crippen LogP contribution in [-0.4, -0.2) is 47.6 Å². The van der Waals surface area contributed by atoms with Gasteiger partial charge in [-0.2, -0.15) is 70.2 Å². The summed E-state index contributed by atoms with van der Waals surface area (Å²) in [5, 5.41) is 0. The van der Waals surface area contributed by atoms with Gasteiger partial charge in [0.1, 0.15) is 0 Å². The summed E-state index contributed by atoms with van der Waals surface area (Å²) in [6.45, 7) is 0.803. The van der Waals surface area contributed by atoms with Crippen LogP contribution in [0.15, 0.2) is 30.3 Å². The number of rotatable bonds is 11. The van der Waals surface area contributed by atoms with Crippen molar-refractivity contribution in [1.29, 1.82) is 0 Å². The molecule has 1 atom stereocenters. The SMILES string of the molecule is CCCC(F)C(F)(F)C(F)(F)C(F)(F)C(F)(F)C(F)(F)C(F)(F)C(F)(F)C(F)(F)c1ccccc1. The predicted octanol–water partition coefficient (Wildman–Crippen LogP) is 8.36. The molecule has 35 heavy (non-hydrogen) atoms. The molecule has 0 aliphatic rings. The normalized spacial score (nSPS) is 16.4. The maximum absolute atomic E-state index is 13.9. The minimum atomic E-state index is -8.56. The number of alkyl halides is 17. The molecule has 17 heteroatoms. The van der Waals surface area contributed by atoms with Crippen LogP contribution >= 0.6 is 0 Å². The summed E-state index contributed by atoms with van der Waals surface area (Å²) in [4.78, 5) is 0. The highest BCUT2D eigenvalue weighted by molar-refractivity contribution is 5.26. The molecule has 0 nitrogen and oxygen atoms in total. The fourth-order valence-corrected chi connectivity index (χ4v) is 2.66. The van der Waals surface area contributed by atoms with E-state index in [-0.39, 0.29) is 12.1 Å².